The van der Waals surface area contributed by atoms with Crippen molar-refractivity contribution < 1.29 is 9.66 Å². The van der Waals surface area contributed by atoms with Gasteiger partial charge in [-0.1, -0.05) is 36.7 Å². The van der Waals surface area contributed by atoms with E-state index in [9.17, 15) is 14.9 Å². The summed E-state index contributed by atoms with van der Waals surface area (Å²) in [7, 11) is 0. The lowest BCUT2D eigenvalue weighted by molar-refractivity contribution is -0.384. The van der Waals surface area contributed by atoms with E-state index in [4.69, 9.17) is 9.72 Å². The van der Waals surface area contributed by atoms with Crippen LogP contribution in [0.1, 0.15) is 37.7 Å². The molecule has 4 rings (SSSR count). The molecule has 0 fully saturated rings. The van der Waals surface area contributed by atoms with Crippen LogP contribution in [0.15, 0.2) is 77.9 Å². The van der Waals surface area contributed by atoms with Gasteiger partial charge in [-0.15, -0.1) is 0 Å². The van der Waals surface area contributed by atoms with E-state index in [1.165, 1.54) is 16.8 Å². The summed E-state index contributed by atoms with van der Waals surface area (Å²) in [6.45, 7) is 6.17. The van der Waals surface area contributed by atoms with E-state index in [0.29, 0.717) is 31.4 Å². The summed E-state index contributed by atoms with van der Waals surface area (Å²) in [4.78, 5) is 28.5. The summed E-state index contributed by atoms with van der Waals surface area (Å²) in [6.07, 6.45) is 1.60. The second kappa shape index (κ2) is 10.8. The van der Waals surface area contributed by atoms with Crippen molar-refractivity contribution in [2.24, 2.45) is 5.10 Å². The zero-order chi connectivity index (χ0) is 26.9. The summed E-state index contributed by atoms with van der Waals surface area (Å²) >= 11 is 10.5. The predicted molar refractivity (Wildman–Crippen MR) is 155 cm³/mol. The Kier molecular flexibility index (Phi) is 7.96. The lowest BCUT2D eigenvalue weighted by atomic mass is 9.95. The Balaban J connectivity index is 1.64. The quantitative estimate of drug-likeness (QED) is 0.120. The lowest BCUT2D eigenvalue weighted by Crippen LogP contribution is -2.29. The number of benzene rings is 3. The maximum absolute atomic E-state index is 13.3. The van der Waals surface area contributed by atoms with Gasteiger partial charge in [-0.05, 0) is 85.5 Å². The fourth-order valence-electron chi connectivity index (χ4n) is 3.53. The molecular formula is C26H21Br3N4O4. The molecule has 0 amide bonds. The van der Waals surface area contributed by atoms with Crippen LogP contribution in [0.3, 0.4) is 0 Å². The Morgan fingerprint density at radius 1 is 1.05 bits per heavy atom. The van der Waals surface area contributed by atoms with Crippen LogP contribution in [-0.2, 0) is 12.0 Å². The van der Waals surface area contributed by atoms with Gasteiger partial charge in [0, 0.05) is 22.0 Å². The summed E-state index contributed by atoms with van der Waals surface area (Å²) in [5.74, 6) is 1.12. The summed E-state index contributed by atoms with van der Waals surface area (Å²) in [6, 6.07) is 15.3. The van der Waals surface area contributed by atoms with Crippen molar-refractivity contribution >= 4 is 70.6 Å². The molecule has 190 valence electrons. The number of non-ortho nitro benzene ring substituents is 1. The first-order chi connectivity index (χ1) is 17.4. The first-order valence-corrected chi connectivity index (χ1v) is 13.4. The monoisotopic (exact) mass is 690 g/mol. The molecule has 4 aromatic rings. The average Bonchev–Trinajstić information content (AvgIpc) is 2.83. The van der Waals surface area contributed by atoms with Crippen LogP contribution >= 0.6 is 47.8 Å². The van der Waals surface area contributed by atoms with Crippen molar-refractivity contribution in [2.75, 3.05) is 0 Å². The Labute approximate surface area is 237 Å². The van der Waals surface area contributed by atoms with Crippen molar-refractivity contribution in [1.29, 1.82) is 0 Å². The molecular weight excluding hydrogens is 672 g/mol. The van der Waals surface area contributed by atoms with Gasteiger partial charge in [-0.3, -0.25) is 14.9 Å². The normalized spacial score (nSPS) is 11.8. The van der Waals surface area contributed by atoms with Gasteiger partial charge < -0.3 is 4.74 Å². The summed E-state index contributed by atoms with van der Waals surface area (Å²) in [5.41, 5.74) is 1.48. The first kappa shape index (κ1) is 27.2. The predicted octanol–water partition coefficient (Wildman–Crippen LogP) is 7.35. The zero-order valence-electron chi connectivity index (χ0n) is 20.0. The molecule has 1 aromatic heterocycles. The SMILES string of the molecule is CC(C)(C)c1nc2ccc(Br)cc2c(=O)n1N=Cc1cc(Br)c(OCc2ccc([N+](=O)[O-])cc2)c(Br)c1. The third kappa shape index (κ3) is 6.16. The highest BCUT2D eigenvalue weighted by atomic mass is 79.9. The molecule has 3 aromatic carbocycles. The van der Waals surface area contributed by atoms with E-state index in [1.807, 2.05) is 45.0 Å². The molecule has 0 spiro atoms. The number of fused-ring (bicyclic) bond motifs is 1. The van der Waals surface area contributed by atoms with Gasteiger partial charge in [0.15, 0.2) is 0 Å². The first-order valence-electron chi connectivity index (χ1n) is 11.1. The number of nitro groups is 1. The fourth-order valence-corrected chi connectivity index (χ4v) is 5.34. The van der Waals surface area contributed by atoms with E-state index in [1.54, 1.807) is 24.4 Å². The van der Waals surface area contributed by atoms with Crippen LogP contribution in [0.5, 0.6) is 5.75 Å². The average molecular weight is 693 g/mol. The number of hydrogen-bond donors (Lipinski definition) is 0. The van der Waals surface area contributed by atoms with Crippen molar-refractivity contribution in [3.05, 3.63) is 105 Å². The maximum atomic E-state index is 13.3. The third-order valence-corrected chi connectivity index (χ3v) is 7.02. The number of nitro benzene ring substituents is 1. The van der Waals surface area contributed by atoms with Crippen LogP contribution in [0.25, 0.3) is 10.9 Å². The highest BCUT2D eigenvalue weighted by molar-refractivity contribution is 9.11. The van der Waals surface area contributed by atoms with Crippen LogP contribution < -0.4 is 10.3 Å². The van der Waals surface area contributed by atoms with Gasteiger partial charge in [-0.25, -0.2) is 4.98 Å². The van der Waals surface area contributed by atoms with Gasteiger partial charge in [0.1, 0.15) is 18.2 Å². The molecule has 11 heteroatoms. The molecule has 8 nitrogen and oxygen atoms in total. The Morgan fingerprint density at radius 2 is 1.70 bits per heavy atom. The molecule has 0 radical (unpaired) electrons. The van der Waals surface area contributed by atoms with Crippen molar-refractivity contribution in [1.82, 2.24) is 9.66 Å². The Bertz CT molecular complexity index is 1570. The Morgan fingerprint density at radius 3 is 2.30 bits per heavy atom. The van der Waals surface area contributed by atoms with Gasteiger partial charge in [0.25, 0.3) is 11.2 Å². The molecule has 0 aliphatic heterocycles. The minimum atomic E-state index is -0.441. The van der Waals surface area contributed by atoms with Crippen LogP contribution in [0.2, 0.25) is 0 Å². The summed E-state index contributed by atoms with van der Waals surface area (Å²) < 4.78 is 9.42. The summed E-state index contributed by atoms with van der Waals surface area (Å²) in [5, 5.41) is 15.8. The van der Waals surface area contributed by atoms with E-state index in [0.717, 1.165) is 15.6 Å². The topological polar surface area (TPSA) is 99.6 Å². The number of ether oxygens (including phenoxy) is 1. The molecule has 0 aliphatic carbocycles. The smallest absolute Gasteiger partial charge is 0.282 e. The van der Waals surface area contributed by atoms with Crippen LogP contribution in [-0.4, -0.2) is 20.8 Å². The number of halogens is 3. The molecule has 37 heavy (non-hydrogen) atoms. The molecule has 0 saturated heterocycles. The molecule has 0 atom stereocenters. The Hall–Kier alpha value is -2.89. The van der Waals surface area contributed by atoms with Gasteiger partial charge in [0.2, 0.25) is 0 Å². The highest BCUT2D eigenvalue weighted by Gasteiger charge is 2.23. The maximum Gasteiger partial charge on any atom is 0.282 e. The minimum Gasteiger partial charge on any atom is -0.487 e. The van der Waals surface area contributed by atoms with E-state index >= 15 is 0 Å². The van der Waals surface area contributed by atoms with E-state index in [2.05, 4.69) is 52.9 Å². The van der Waals surface area contributed by atoms with Gasteiger partial charge in [0.05, 0.1) is 31.0 Å². The second-order valence-electron chi connectivity index (χ2n) is 9.23. The number of hydrogen-bond acceptors (Lipinski definition) is 6. The molecule has 0 unspecified atom stereocenters. The molecule has 1 heterocycles. The number of rotatable bonds is 6. The van der Waals surface area contributed by atoms with Crippen LogP contribution in [0.4, 0.5) is 5.69 Å². The van der Waals surface area contributed by atoms with Gasteiger partial charge in [-0.2, -0.15) is 9.78 Å². The molecule has 0 bridgehead atoms. The van der Waals surface area contributed by atoms with Crippen molar-refractivity contribution in [2.45, 2.75) is 32.8 Å². The van der Waals surface area contributed by atoms with Crippen molar-refractivity contribution in [3.8, 4) is 5.75 Å². The second-order valence-corrected chi connectivity index (χ2v) is 11.9. The van der Waals surface area contributed by atoms with Crippen molar-refractivity contribution in [3.63, 3.8) is 0 Å². The largest absolute Gasteiger partial charge is 0.487 e. The number of nitrogens with zero attached hydrogens (tertiary/aromatic N) is 4. The molecule has 0 N–H and O–H groups in total. The lowest BCUT2D eigenvalue weighted by Gasteiger charge is -2.21. The third-order valence-electron chi connectivity index (χ3n) is 5.35. The molecule has 0 saturated carbocycles. The van der Waals surface area contributed by atoms with E-state index < -0.39 is 10.3 Å². The minimum absolute atomic E-state index is 0.0257. The number of aromatic nitrogens is 2. The molecule has 0 aliphatic rings. The zero-order valence-corrected chi connectivity index (χ0v) is 24.8. The standard InChI is InChI=1S/C26H21Br3N4O4/c1-26(2,3)25-31-22-9-6-17(27)12-19(22)24(34)32(25)30-13-16-10-20(28)23(21(29)11-16)37-14-15-4-7-18(8-5-15)33(35)36/h4-13H,14H2,1-3H3. The highest BCUT2D eigenvalue weighted by Crippen LogP contribution is 2.35. The van der Waals surface area contributed by atoms with E-state index in [-0.39, 0.29) is 17.9 Å². The fraction of sp³-hybridized carbons (Fsp3) is 0.192. The van der Waals surface area contributed by atoms with Gasteiger partial charge >= 0.3 is 0 Å². The van der Waals surface area contributed by atoms with Crippen LogP contribution in [0, 0.1) is 10.1 Å².